The van der Waals surface area contributed by atoms with E-state index in [-0.39, 0.29) is 18.0 Å². The molecule has 5 nitrogen and oxygen atoms in total. The van der Waals surface area contributed by atoms with Crippen LogP contribution in [-0.2, 0) is 6.61 Å². The van der Waals surface area contributed by atoms with Gasteiger partial charge in [0.05, 0.1) is 11.2 Å². The zero-order chi connectivity index (χ0) is 13.8. The van der Waals surface area contributed by atoms with Gasteiger partial charge in [0.25, 0.3) is 0 Å². The van der Waals surface area contributed by atoms with E-state index in [1.165, 1.54) is 6.20 Å². The summed E-state index contributed by atoms with van der Waals surface area (Å²) in [6, 6.07) is 6.77. The lowest BCUT2D eigenvalue weighted by molar-refractivity contribution is 0.296. The molecule has 0 aliphatic carbocycles. The molecule has 2 N–H and O–H groups in total. The van der Waals surface area contributed by atoms with Crippen molar-refractivity contribution in [3.8, 4) is 11.8 Å². The number of nitrogens with two attached hydrogens (primary N) is 1. The van der Waals surface area contributed by atoms with Crippen LogP contribution >= 0.6 is 23.2 Å². The van der Waals surface area contributed by atoms with Crippen molar-refractivity contribution >= 4 is 29.0 Å². The molecule has 0 bridgehead atoms. The number of benzene rings is 1. The molecule has 0 atom stereocenters. The first kappa shape index (κ1) is 13.4. The maximum atomic E-state index is 8.71. The second-order valence-electron chi connectivity index (χ2n) is 3.56. The second kappa shape index (κ2) is 5.74. The van der Waals surface area contributed by atoms with Crippen molar-refractivity contribution in [1.82, 2.24) is 9.97 Å². The maximum Gasteiger partial charge on any atom is 0.168 e. The maximum absolute atomic E-state index is 8.71. The molecule has 19 heavy (non-hydrogen) atoms. The molecule has 0 spiro atoms. The number of rotatable bonds is 3. The third kappa shape index (κ3) is 3.25. The highest BCUT2D eigenvalue weighted by molar-refractivity contribution is 6.35. The number of nitrogen functional groups attached to an aromatic ring is 1. The monoisotopic (exact) mass is 294 g/mol. The van der Waals surface area contributed by atoms with Gasteiger partial charge in [-0.15, -0.1) is 0 Å². The number of hydrogen-bond acceptors (Lipinski definition) is 5. The van der Waals surface area contributed by atoms with Gasteiger partial charge >= 0.3 is 0 Å². The number of halogens is 2. The number of nitriles is 1. The third-order valence-electron chi connectivity index (χ3n) is 2.24. The Balaban J connectivity index is 2.10. The van der Waals surface area contributed by atoms with E-state index >= 15 is 0 Å². The van der Waals surface area contributed by atoms with Crippen LogP contribution in [0.4, 0.5) is 5.82 Å². The SMILES string of the molecule is N#Cc1cnc(COc2ccc(Cl)cc2Cl)nc1N. The molecule has 2 rings (SSSR count). The highest BCUT2D eigenvalue weighted by atomic mass is 35.5. The third-order valence-corrected chi connectivity index (χ3v) is 2.77. The van der Waals surface area contributed by atoms with Gasteiger partial charge in [-0.3, -0.25) is 0 Å². The van der Waals surface area contributed by atoms with Crippen molar-refractivity contribution in [1.29, 1.82) is 5.26 Å². The van der Waals surface area contributed by atoms with E-state index in [0.29, 0.717) is 21.6 Å². The van der Waals surface area contributed by atoms with E-state index in [9.17, 15) is 0 Å². The Kier molecular flexibility index (Phi) is 4.05. The fraction of sp³-hybridized carbons (Fsp3) is 0.0833. The van der Waals surface area contributed by atoms with Crippen LogP contribution in [0.5, 0.6) is 5.75 Å². The normalized spacial score (nSPS) is 9.95. The molecule has 0 fully saturated rings. The molecule has 0 aliphatic rings. The average Bonchev–Trinajstić information content (AvgIpc) is 2.38. The minimum absolute atomic E-state index is 0.0945. The summed E-state index contributed by atoms with van der Waals surface area (Å²) < 4.78 is 5.45. The molecule has 1 heterocycles. The molecule has 0 saturated heterocycles. The Bertz CT molecular complexity index is 655. The van der Waals surface area contributed by atoms with Gasteiger partial charge in [-0.1, -0.05) is 23.2 Å². The summed E-state index contributed by atoms with van der Waals surface area (Å²) in [5.41, 5.74) is 5.81. The number of hydrogen-bond donors (Lipinski definition) is 1. The van der Waals surface area contributed by atoms with E-state index in [1.807, 2.05) is 6.07 Å². The summed E-state index contributed by atoms with van der Waals surface area (Å²) >= 11 is 11.7. The zero-order valence-electron chi connectivity index (χ0n) is 9.60. The van der Waals surface area contributed by atoms with Gasteiger partial charge in [-0.2, -0.15) is 5.26 Å². The number of anilines is 1. The summed E-state index contributed by atoms with van der Waals surface area (Å²) in [5.74, 6) is 0.957. The first-order valence-electron chi connectivity index (χ1n) is 5.19. The first-order chi connectivity index (χ1) is 9.10. The summed E-state index contributed by atoms with van der Waals surface area (Å²) in [6.07, 6.45) is 1.35. The van der Waals surface area contributed by atoms with E-state index < -0.39 is 0 Å². The summed E-state index contributed by atoms with van der Waals surface area (Å²) in [4.78, 5) is 7.92. The predicted octanol–water partition coefficient (Wildman–Crippen LogP) is 2.82. The lowest BCUT2D eigenvalue weighted by Crippen LogP contribution is -2.05. The molecule has 0 radical (unpaired) electrons. The van der Waals surface area contributed by atoms with Gasteiger partial charge in [0, 0.05) is 5.02 Å². The fourth-order valence-electron chi connectivity index (χ4n) is 1.32. The average molecular weight is 295 g/mol. The van der Waals surface area contributed by atoms with E-state index in [1.54, 1.807) is 18.2 Å². The largest absolute Gasteiger partial charge is 0.484 e. The van der Waals surface area contributed by atoms with Gasteiger partial charge in [0.1, 0.15) is 29.8 Å². The first-order valence-corrected chi connectivity index (χ1v) is 5.95. The minimum atomic E-state index is 0.0945. The van der Waals surface area contributed by atoms with Gasteiger partial charge < -0.3 is 10.5 Å². The van der Waals surface area contributed by atoms with Crippen LogP contribution < -0.4 is 10.5 Å². The molecule has 0 unspecified atom stereocenters. The zero-order valence-corrected chi connectivity index (χ0v) is 11.1. The van der Waals surface area contributed by atoms with Gasteiger partial charge in [-0.25, -0.2) is 9.97 Å². The highest BCUT2D eigenvalue weighted by Gasteiger charge is 2.06. The highest BCUT2D eigenvalue weighted by Crippen LogP contribution is 2.27. The molecular formula is C12H8Cl2N4O. The molecule has 0 aliphatic heterocycles. The molecule has 1 aromatic carbocycles. The van der Waals surface area contributed by atoms with Crippen LogP contribution in [-0.4, -0.2) is 9.97 Å². The lowest BCUT2D eigenvalue weighted by Gasteiger charge is -2.07. The Morgan fingerprint density at radius 2 is 2.16 bits per heavy atom. The van der Waals surface area contributed by atoms with E-state index in [2.05, 4.69) is 9.97 Å². The Morgan fingerprint density at radius 1 is 1.37 bits per heavy atom. The van der Waals surface area contributed by atoms with Gasteiger partial charge in [-0.05, 0) is 18.2 Å². The van der Waals surface area contributed by atoms with Crippen molar-refractivity contribution < 1.29 is 4.74 Å². The number of nitrogens with zero attached hydrogens (tertiary/aromatic N) is 3. The van der Waals surface area contributed by atoms with Crippen LogP contribution in [0, 0.1) is 11.3 Å². The smallest absolute Gasteiger partial charge is 0.168 e. The molecule has 0 saturated carbocycles. The Morgan fingerprint density at radius 3 is 2.79 bits per heavy atom. The Hall–Kier alpha value is -2.03. The second-order valence-corrected chi connectivity index (χ2v) is 4.40. The van der Waals surface area contributed by atoms with Crippen molar-refractivity contribution in [3.63, 3.8) is 0 Å². The standard InChI is InChI=1S/C12H8Cl2N4O/c13-8-1-2-10(9(14)3-8)19-6-11-17-5-7(4-15)12(16)18-11/h1-3,5H,6H2,(H2,16,17,18). The van der Waals surface area contributed by atoms with Crippen LogP contribution in [0.3, 0.4) is 0 Å². The van der Waals surface area contributed by atoms with Crippen LogP contribution in [0.1, 0.15) is 11.4 Å². The Labute approximate surface area is 119 Å². The summed E-state index contributed by atoms with van der Waals surface area (Å²) in [7, 11) is 0. The van der Waals surface area contributed by atoms with Crippen molar-refractivity contribution in [2.24, 2.45) is 0 Å². The molecular weight excluding hydrogens is 287 g/mol. The lowest BCUT2D eigenvalue weighted by atomic mass is 10.3. The van der Waals surface area contributed by atoms with Gasteiger partial charge in [0.15, 0.2) is 5.82 Å². The summed E-state index contributed by atoms with van der Waals surface area (Å²) in [6.45, 7) is 0.0945. The van der Waals surface area contributed by atoms with Crippen molar-refractivity contribution in [2.45, 2.75) is 6.61 Å². The van der Waals surface area contributed by atoms with Crippen LogP contribution in [0.15, 0.2) is 24.4 Å². The number of aromatic nitrogens is 2. The van der Waals surface area contributed by atoms with Crippen molar-refractivity contribution in [2.75, 3.05) is 5.73 Å². The molecule has 7 heteroatoms. The molecule has 2 aromatic rings. The quantitative estimate of drug-likeness (QED) is 0.941. The van der Waals surface area contributed by atoms with E-state index in [4.69, 9.17) is 38.9 Å². The fourth-order valence-corrected chi connectivity index (χ4v) is 1.79. The topological polar surface area (TPSA) is 84.8 Å². The molecule has 1 aromatic heterocycles. The molecule has 96 valence electrons. The number of ether oxygens (including phenoxy) is 1. The molecule has 0 amide bonds. The summed E-state index contributed by atoms with van der Waals surface area (Å²) in [5, 5.41) is 9.63. The predicted molar refractivity (Wildman–Crippen MR) is 72.0 cm³/mol. The van der Waals surface area contributed by atoms with Crippen LogP contribution in [0.2, 0.25) is 10.0 Å². The van der Waals surface area contributed by atoms with Gasteiger partial charge in [0.2, 0.25) is 0 Å². The minimum Gasteiger partial charge on any atom is -0.484 e. The van der Waals surface area contributed by atoms with Crippen LogP contribution in [0.25, 0.3) is 0 Å². The van der Waals surface area contributed by atoms with Crippen molar-refractivity contribution in [3.05, 3.63) is 45.8 Å². The van der Waals surface area contributed by atoms with E-state index in [0.717, 1.165) is 0 Å².